The summed E-state index contributed by atoms with van der Waals surface area (Å²) in [5, 5.41) is 2.26. The van der Waals surface area contributed by atoms with Crippen LogP contribution in [-0.4, -0.2) is 18.8 Å². The molecule has 0 bridgehead atoms. The average Bonchev–Trinajstić information content (AvgIpc) is 1.85. The summed E-state index contributed by atoms with van der Waals surface area (Å²) in [6.07, 6.45) is 0.224. The number of hydrogen-bond donors (Lipinski definition) is 1. The van der Waals surface area contributed by atoms with E-state index in [0.29, 0.717) is 0 Å². The zero-order valence-corrected chi connectivity index (χ0v) is 6.20. The molecule has 0 heterocycles. The van der Waals surface area contributed by atoms with Crippen LogP contribution in [0.2, 0.25) is 0 Å². The van der Waals surface area contributed by atoms with Gasteiger partial charge in [-0.2, -0.15) is 13.2 Å². The van der Waals surface area contributed by atoms with Gasteiger partial charge in [-0.05, 0) is 6.54 Å². The third kappa shape index (κ3) is 3.89. The van der Waals surface area contributed by atoms with Crippen LogP contribution in [0, 0.1) is 12.3 Å². The van der Waals surface area contributed by atoms with Gasteiger partial charge in [0.15, 0.2) is 0 Å². The predicted molar refractivity (Wildman–Crippen MR) is 37.0 cm³/mol. The van der Waals surface area contributed by atoms with E-state index in [0.717, 1.165) is 0 Å². The third-order valence-corrected chi connectivity index (χ3v) is 1.17. The molecule has 0 aliphatic heterocycles. The molecule has 0 amide bonds. The highest BCUT2D eigenvalue weighted by Gasteiger charge is 2.38. The van der Waals surface area contributed by atoms with E-state index in [1.54, 1.807) is 6.92 Å². The van der Waals surface area contributed by atoms with Crippen LogP contribution in [0.4, 0.5) is 13.2 Å². The number of hydrogen-bond acceptors (Lipinski definition) is 1. The first kappa shape index (κ1) is 10.3. The molecular formula is C7H10F3N. The van der Waals surface area contributed by atoms with Crippen molar-refractivity contribution in [1.29, 1.82) is 0 Å². The molecule has 0 saturated carbocycles. The monoisotopic (exact) mass is 165 g/mol. The smallest absolute Gasteiger partial charge is 0.306 e. The Bertz CT molecular complexity index is 145. The Morgan fingerprint density at radius 2 is 2.09 bits per heavy atom. The fraction of sp³-hybridized carbons (Fsp3) is 0.714. The quantitative estimate of drug-likeness (QED) is 0.625. The van der Waals surface area contributed by atoms with Gasteiger partial charge in [-0.3, -0.25) is 0 Å². The van der Waals surface area contributed by atoms with Crippen LogP contribution < -0.4 is 5.32 Å². The highest BCUT2D eigenvalue weighted by atomic mass is 19.4. The minimum atomic E-state index is -4.23. The standard InChI is InChI=1S/C7H10F3N/c1-3-5-6(11-4-2)7(8,9)10/h1,6,11H,4-5H2,2H3. The van der Waals surface area contributed by atoms with Gasteiger partial charge in [-0.15, -0.1) is 12.3 Å². The summed E-state index contributed by atoms with van der Waals surface area (Å²) in [4.78, 5) is 0. The van der Waals surface area contributed by atoms with Gasteiger partial charge in [0.05, 0.1) is 0 Å². The lowest BCUT2D eigenvalue weighted by molar-refractivity contribution is -0.154. The van der Waals surface area contributed by atoms with Gasteiger partial charge in [-0.1, -0.05) is 6.92 Å². The maximum Gasteiger partial charge on any atom is 0.404 e. The molecule has 11 heavy (non-hydrogen) atoms. The Hall–Kier alpha value is -0.690. The molecule has 1 atom stereocenters. The minimum absolute atomic E-state index is 0.270. The largest absolute Gasteiger partial charge is 0.404 e. The van der Waals surface area contributed by atoms with Crippen molar-refractivity contribution in [3.05, 3.63) is 0 Å². The Labute approximate surface area is 64.0 Å². The topological polar surface area (TPSA) is 12.0 Å². The van der Waals surface area contributed by atoms with Crippen LogP contribution in [0.5, 0.6) is 0 Å². The molecule has 0 aromatic rings. The highest BCUT2D eigenvalue weighted by molar-refractivity contribution is 4.92. The summed E-state index contributed by atoms with van der Waals surface area (Å²) in [7, 11) is 0. The lowest BCUT2D eigenvalue weighted by atomic mass is 10.2. The zero-order valence-electron chi connectivity index (χ0n) is 6.20. The number of alkyl halides is 3. The summed E-state index contributed by atoms with van der Waals surface area (Å²) in [6.45, 7) is 1.88. The van der Waals surface area contributed by atoms with E-state index in [4.69, 9.17) is 6.42 Å². The first-order chi connectivity index (χ1) is 5.02. The molecular weight excluding hydrogens is 155 g/mol. The van der Waals surface area contributed by atoms with Gasteiger partial charge in [-0.25, -0.2) is 0 Å². The van der Waals surface area contributed by atoms with E-state index in [2.05, 4.69) is 5.32 Å². The normalized spacial score (nSPS) is 14.1. The van der Waals surface area contributed by atoms with E-state index in [9.17, 15) is 13.2 Å². The van der Waals surface area contributed by atoms with Crippen LogP contribution in [0.1, 0.15) is 13.3 Å². The second-order valence-corrected chi connectivity index (χ2v) is 2.06. The van der Waals surface area contributed by atoms with Crippen molar-refractivity contribution in [1.82, 2.24) is 5.32 Å². The Morgan fingerprint density at radius 3 is 2.36 bits per heavy atom. The third-order valence-electron chi connectivity index (χ3n) is 1.17. The fourth-order valence-corrected chi connectivity index (χ4v) is 0.668. The van der Waals surface area contributed by atoms with Crippen LogP contribution in [-0.2, 0) is 0 Å². The van der Waals surface area contributed by atoms with E-state index in [1.165, 1.54) is 0 Å². The molecule has 0 fully saturated rings. The number of nitrogens with one attached hydrogen (secondary N) is 1. The van der Waals surface area contributed by atoms with E-state index in [-0.39, 0.29) is 13.0 Å². The molecule has 1 unspecified atom stereocenters. The van der Waals surface area contributed by atoms with Crippen molar-refractivity contribution in [2.24, 2.45) is 0 Å². The Balaban J connectivity index is 4.01. The summed E-state index contributed by atoms with van der Waals surface area (Å²) in [5.74, 6) is 1.98. The van der Waals surface area contributed by atoms with Crippen molar-refractivity contribution in [3.63, 3.8) is 0 Å². The molecule has 4 heteroatoms. The molecule has 64 valence electrons. The van der Waals surface area contributed by atoms with Gasteiger partial charge in [0, 0.05) is 6.42 Å². The summed E-state index contributed by atoms with van der Waals surface area (Å²) < 4.78 is 35.8. The van der Waals surface area contributed by atoms with Crippen molar-refractivity contribution >= 4 is 0 Å². The van der Waals surface area contributed by atoms with Gasteiger partial charge in [0.1, 0.15) is 6.04 Å². The van der Waals surface area contributed by atoms with Gasteiger partial charge in [0.2, 0.25) is 0 Å². The van der Waals surface area contributed by atoms with Crippen LogP contribution in [0.3, 0.4) is 0 Å². The predicted octanol–water partition coefficient (Wildman–Crippen LogP) is 1.55. The van der Waals surface area contributed by atoms with Crippen molar-refractivity contribution in [2.45, 2.75) is 25.6 Å². The lowest BCUT2D eigenvalue weighted by Crippen LogP contribution is -2.41. The van der Waals surface area contributed by atoms with Crippen molar-refractivity contribution < 1.29 is 13.2 Å². The van der Waals surface area contributed by atoms with Crippen molar-refractivity contribution in [3.8, 4) is 12.3 Å². The SMILES string of the molecule is C#CCC(NCC)C(F)(F)F. The first-order valence-corrected chi connectivity index (χ1v) is 3.26. The summed E-state index contributed by atoms with van der Waals surface area (Å²) >= 11 is 0. The van der Waals surface area contributed by atoms with Crippen LogP contribution in [0.25, 0.3) is 0 Å². The van der Waals surface area contributed by atoms with Gasteiger partial charge in [0.25, 0.3) is 0 Å². The number of rotatable bonds is 3. The zero-order chi connectivity index (χ0) is 8.91. The van der Waals surface area contributed by atoms with Crippen molar-refractivity contribution in [2.75, 3.05) is 6.54 Å². The van der Waals surface area contributed by atoms with Gasteiger partial charge < -0.3 is 5.32 Å². The summed E-state index contributed by atoms with van der Waals surface area (Å²) in [6, 6.07) is -1.56. The molecule has 0 aliphatic rings. The minimum Gasteiger partial charge on any atom is -0.306 e. The molecule has 0 rings (SSSR count). The molecule has 0 aromatic carbocycles. The van der Waals surface area contributed by atoms with E-state index in [1.807, 2.05) is 5.92 Å². The number of halogens is 3. The first-order valence-electron chi connectivity index (χ1n) is 3.26. The summed E-state index contributed by atoms with van der Waals surface area (Å²) in [5.41, 5.74) is 0. The highest BCUT2D eigenvalue weighted by Crippen LogP contribution is 2.21. The van der Waals surface area contributed by atoms with E-state index < -0.39 is 12.2 Å². The average molecular weight is 165 g/mol. The number of terminal acetylenes is 1. The molecule has 0 aromatic heterocycles. The molecule has 1 N–H and O–H groups in total. The lowest BCUT2D eigenvalue weighted by Gasteiger charge is -2.18. The second-order valence-electron chi connectivity index (χ2n) is 2.06. The molecule has 0 radical (unpaired) electrons. The Morgan fingerprint density at radius 1 is 1.55 bits per heavy atom. The maximum absolute atomic E-state index is 11.9. The van der Waals surface area contributed by atoms with E-state index >= 15 is 0 Å². The van der Waals surface area contributed by atoms with Gasteiger partial charge >= 0.3 is 6.18 Å². The molecule has 0 aliphatic carbocycles. The van der Waals surface area contributed by atoms with Crippen LogP contribution >= 0.6 is 0 Å². The maximum atomic E-state index is 11.9. The molecule has 0 saturated heterocycles. The van der Waals surface area contributed by atoms with Crippen LogP contribution in [0.15, 0.2) is 0 Å². The second kappa shape index (κ2) is 4.24. The Kier molecular flexibility index (Phi) is 3.98. The molecule has 0 spiro atoms. The molecule has 1 nitrogen and oxygen atoms in total. The fourth-order valence-electron chi connectivity index (χ4n) is 0.668.